The van der Waals surface area contributed by atoms with Crippen LogP contribution >= 0.6 is 0 Å². The van der Waals surface area contributed by atoms with Gasteiger partial charge in [-0.3, -0.25) is 14.5 Å². The third-order valence-corrected chi connectivity index (χ3v) is 3.96. The zero-order chi connectivity index (χ0) is 19.5. The molecule has 0 aromatic carbocycles. The Bertz CT molecular complexity index is 698. The van der Waals surface area contributed by atoms with Crippen LogP contribution < -0.4 is 5.56 Å². The van der Waals surface area contributed by atoms with Gasteiger partial charge in [-0.1, -0.05) is 0 Å². The van der Waals surface area contributed by atoms with Crippen molar-refractivity contribution in [2.45, 2.75) is 25.3 Å². The summed E-state index contributed by atoms with van der Waals surface area (Å²) in [7, 11) is 0. The van der Waals surface area contributed by atoms with Gasteiger partial charge in [0.25, 0.3) is 5.56 Å². The topological polar surface area (TPSA) is 45.6 Å². The maximum Gasteiger partial charge on any atom is 0.417 e. The van der Waals surface area contributed by atoms with Crippen molar-refractivity contribution >= 4 is 5.91 Å². The number of rotatable bonds is 3. The Morgan fingerprint density at radius 1 is 1.00 bits per heavy atom. The molecule has 146 valence electrons. The summed E-state index contributed by atoms with van der Waals surface area (Å²) in [5.41, 5.74) is -1.82. The van der Waals surface area contributed by atoms with Crippen LogP contribution in [0.25, 0.3) is 0 Å². The highest BCUT2D eigenvalue weighted by Gasteiger charge is 2.33. The number of nitrogens with zero attached hydrogens (tertiary/aromatic N) is 3. The summed E-state index contributed by atoms with van der Waals surface area (Å²) in [5, 5.41) is 0. The van der Waals surface area contributed by atoms with Crippen molar-refractivity contribution in [2.75, 3.05) is 32.7 Å². The molecule has 1 aromatic heterocycles. The van der Waals surface area contributed by atoms with Crippen LogP contribution in [0.5, 0.6) is 0 Å². The van der Waals surface area contributed by atoms with E-state index in [1.807, 2.05) is 0 Å². The van der Waals surface area contributed by atoms with Crippen LogP contribution in [0.15, 0.2) is 23.1 Å². The molecular weight excluding hydrogens is 368 g/mol. The molecule has 0 aliphatic carbocycles. The molecule has 0 N–H and O–H groups in total. The number of alkyl halides is 6. The molecule has 0 spiro atoms. The molecule has 5 nitrogen and oxygen atoms in total. The zero-order valence-corrected chi connectivity index (χ0v) is 13.6. The molecule has 0 saturated carbocycles. The van der Waals surface area contributed by atoms with E-state index in [1.165, 1.54) is 9.80 Å². The first-order valence-electron chi connectivity index (χ1n) is 7.80. The fraction of sp³-hybridized carbons (Fsp3) is 0.600. The average Bonchev–Trinajstić information content (AvgIpc) is 2.72. The molecule has 1 fully saturated rings. The summed E-state index contributed by atoms with van der Waals surface area (Å²) in [6.45, 7) is -1.32. The first-order chi connectivity index (χ1) is 12.0. The van der Waals surface area contributed by atoms with Gasteiger partial charge in [-0.15, -0.1) is 0 Å². The SMILES string of the molecule is O=C(Cn1cc(C(F)(F)F)ccc1=O)N1CCCN(CC(F)(F)F)CC1. The van der Waals surface area contributed by atoms with Gasteiger partial charge in [0.15, 0.2) is 0 Å². The summed E-state index contributed by atoms with van der Waals surface area (Å²) in [6.07, 6.45) is -8.13. The van der Waals surface area contributed by atoms with Crippen LogP contribution in [-0.4, -0.2) is 59.2 Å². The van der Waals surface area contributed by atoms with Gasteiger partial charge >= 0.3 is 12.4 Å². The van der Waals surface area contributed by atoms with Crippen LogP contribution in [0.2, 0.25) is 0 Å². The van der Waals surface area contributed by atoms with Crippen molar-refractivity contribution in [3.8, 4) is 0 Å². The molecule has 1 aliphatic rings. The summed E-state index contributed by atoms with van der Waals surface area (Å²) in [6, 6.07) is 1.36. The van der Waals surface area contributed by atoms with Gasteiger partial charge in [-0.2, -0.15) is 26.3 Å². The van der Waals surface area contributed by atoms with E-state index in [9.17, 15) is 35.9 Å². The minimum atomic E-state index is -4.65. The van der Waals surface area contributed by atoms with E-state index in [2.05, 4.69) is 0 Å². The van der Waals surface area contributed by atoms with Crippen molar-refractivity contribution in [3.63, 3.8) is 0 Å². The molecule has 0 bridgehead atoms. The van der Waals surface area contributed by atoms with Crippen molar-refractivity contribution < 1.29 is 31.1 Å². The summed E-state index contributed by atoms with van der Waals surface area (Å²) in [5.74, 6) is -0.611. The second kappa shape index (κ2) is 7.68. The Kier molecular flexibility index (Phi) is 5.99. The predicted molar refractivity (Wildman–Crippen MR) is 79.4 cm³/mol. The monoisotopic (exact) mass is 385 g/mol. The fourth-order valence-corrected chi connectivity index (χ4v) is 2.70. The second-order valence-corrected chi connectivity index (χ2v) is 6.01. The van der Waals surface area contributed by atoms with Gasteiger partial charge in [-0.05, 0) is 12.5 Å². The maximum atomic E-state index is 12.7. The standard InChI is InChI=1S/C15H17F6N3O2/c16-14(17,18)10-22-4-1-5-23(7-6-22)13(26)9-24-8-11(15(19,20)21)2-3-12(24)25/h2-3,8H,1,4-7,9-10H2. The van der Waals surface area contributed by atoms with E-state index >= 15 is 0 Å². The normalized spacial score (nSPS) is 17.2. The Morgan fingerprint density at radius 3 is 2.31 bits per heavy atom. The van der Waals surface area contributed by atoms with Crippen LogP contribution in [0.4, 0.5) is 26.3 Å². The molecule has 0 unspecified atom stereocenters. The lowest BCUT2D eigenvalue weighted by Gasteiger charge is -2.23. The van der Waals surface area contributed by atoms with Crippen molar-refractivity contribution in [1.82, 2.24) is 14.4 Å². The van der Waals surface area contributed by atoms with Crippen molar-refractivity contribution in [1.29, 1.82) is 0 Å². The number of halogens is 6. The number of hydrogen-bond donors (Lipinski definition) is 0. The number of carbonyl (C=O) groups excluding carboxylic acids is 1. The molecule has 2 heterocycles. The minimum absolute atomic E-state index is 0.00272. The third-order valence-electron chi connectivity index (χ3n) is 3.96. The Morgan fingerprint density at radius 2 is 1.69 bits per heavy atom. The Balaban J connectivity index is 2.03. The van der Waals surface area contributed by atoms with Crippen molar-refractivity contribution in [2.24, 2.45) is 0 Å². The van der Waals surface area contributed by atoms with Crippen LogP contribution in [0.1, 0.15) is 12.0 Å². The molecule has 1 aromatic rings. The molecule has 1 amide bonds. The van der Waals surface area contributed by atoms with Crippen LogP contribution in [-0.2, 0) is 17.5 Å². The zero-order valence-electron chi connectivity index (χ0n) is 13.6. The lowest BCUT2D eigenvalue weighted by Crippen LogP contribution is -2.40. The number of hydrogen-bond acceptors (Lipinski definition) is 3. The molecule has 26 heavy (non-hydrogen) atoms. The van der Waals surface area contributed by atoms with E-state index in [4.69, 9.17) is 0 Å². The van der Waals surface area contributed by atoms with Crippen LogP contribution in [0, 0.1) is 0 Å². The molecule has 1 aliphatic heterocycles. The van der Waals surface area contributed by atoms with Gasteiger partial charge < -0.3 is 9.47 Å². The first-order valence-corrected chi connectivity index (χ1v) is 7.80. The summed E-state index contributed by atoms with van der Waals surface area (Å²) < 4.78 is 76.1. The quantitative estimate of drug-likeness (QED) is 0.748. The maximum absolute atomic E-state index is 12.7. The highest BCUT2D eigenvalue weighted by atomic mass is 19.4. The van der Waals surface area contributed by atoms with E-state index < -0.39 is 42.5 Å². The van der Waals surface area contributed by atoms with Gasteiger partial charge in [-0.25, -0.2) is 0 Å². The number of aromatic nitrogens is 1. The van der Waals surface area contributed by atoms with E-state index in [0.29, 0.717) is 23.3 Å². The molecule has 11 heteroatoms. The third kappa shape index (κ3) is 5.75. The molecule has 2 rings (SSSR count). The summed E-state index contributed by atoms with van der Waals surface area (Å²) >= 11 is 0. The molecular formula is C15H17F6N3O2. The average molecular weight is 385 g/mol. The van der Waals surface area contributed by atoms with Crippen molar-refractivity contribution in [3.05, 3.63) is 34.2 Å². The van der Waals surface area contributed by atoms with Gasteiger partial charge in [0, 0.05) is 38.4 Å². The van der Waals surface area contributed by atoms with Gasteiger partial charge in [0.2, 0.25) is 5.91 Å². The number of pyridine rings is 1. The Labute approximate surface area is 144 Å². The van der Waals surface area contributed by atoms with E-state index in [0.717, 1.165) is 6.07 Å². The van der Waals surface area contributed by atoms with Gasteiger partial charge in [0.1, 0.15) is 6.54 Å². The molecule has 1 saturated heterocycles. The molecule has 0 atom stereocenters. The molecule has 0 radical (unpaired) electrons. The van der Waals surface area contributed by atoms with Gasteiger partial charge in [0.05, 0.1) is 12.1 Å². The fourth-order valence-electron chi connectivity index (χ4n) is 2.70. The van der Waals surface area contributed by atoms with E-state index in [1.54, 1.807) is 0 Å². The predicted octanol–water partition coefficient (Wildman–Crippen LogP) is 1.96. The lowest BCUT2D eigenvalue weighted by atomic mass is 10.2. The summed E-state index contributed by atoms with van der Waals surface area (Å²) in [4.78, 5) is 26.4. The van der Waals surface area contributed by atoms with Crippen LogP contribution in [0.3, 0.4) is 0 Å². The highest BCUT2D eigenvalue weighted by Crippen LogP contribution is 2.28. The minimum Gasteiger partial charge on any atom is -0.340 e. The number of carbonyl (C=O) groups is 1. The highest BCUT2D eigenvalue weighted by molar-refractivity contribution is 5.76. The first kappa shape index (κ1) is 20.3. The lowest BCUT2D eigenvalue weighted by molar-refractivity contribution is -0.145. The second-order valence-electron chi connectivity index (χ2n) is 6.01. The Hall–Kier alpha value is -2.04. The largest absolute Gasteiger partial charge is 0.417 e. The number of amides is 1. The van der Waals surface area contributed by atoms with E-state index in [-0.39, 0.29) is 26.2 Å². The smallest absolute Gasteiger partial charge is 0.340 e.